The van der Waals surface area contributed by atoms with E-state index >= 15 is 0 Å². The summed E-state index contributed by atoms with van der Waals surface area (Å²) in [5, 5.41) is 0. The summed E-state index contributed by atoms with van der Waals surface area (Å²) in [6.45, 7) is 0.525. The predicted molar refractivity (Wildman–Crippen MR) is 92.2 cm³/mol. The molecule has 0 unspecified atom stereocenters. The molecule has 0 atom stereocenters. The highest BCUT2D eigenvalue weighted by molar-refractivity contribution is 6.11. The number of imide groups is 1. The topological polar surface area (TPSA) is 84.0 Å². The van der Waals surface area contributed by atoms with E-state index in [1.54, 1.807) is 29.2 Å². The zero-order valence-corrected chi connectivity index (χ0v) is 14.6. The number of amides is 3. The van der Waals surface area contributed by atoms with Crippen LogP contribution in [0.3, 0.4) is 0 Å². The molecule has 1 saturated heterocycles. The van der Waals surface area contributed by atoms with Crippen molar-refractivity contribution in [2.24, 2.45) is 0 Å². The Morgan fingerprint density at radius 1 is 1.00 bits per heavy atom. The molecule has 1 fully saturated rings. The Hall–Kier alpha value is -2.70. The molecule has 0 saturated carbocycles. The summed E-state index contributed by atoms with van der Waals surface area (Å²) >= 11 is 0. The van der Waals surface area contributed by atoms with Gasteiger partial charge in [-0.05, 0) is 24.5 Å². The Labute approximate surface area is 151 Å². The summed E-state index contributed by atoms with van der Waals surface area (Å²) < 4.78 is 5.01. The van der Waals surface area contributed by atoms with E-state index in [0.29, 0.717) is 24.2 Å². The lowest BCUT2D eigenvalue weighted by atomic mass is 9.98. The molecule has 1 aromatic rings. The Morgan fingerprint density at radius 2 is 1.69 bits per heavy atom. The van der Waals surface area contributed by atoms with Gasteiger partial charge in [0.2, 0.25) is 5.91 Å². The number of hydrogen-bond donors (Lipinski definition) is 0. The van der Waals surface area contributed by atoms with Crippen LogP contribution in [-0.2, 0) is 25.5 Å². The van der Waals surface area contributed by atoms with Gasteiger partial charge in [0.1, 0.15) is 6.54 Å². The van der Waals surface area contributed by atoms with E-state index in [1.165, 1.54) is 0 Å². The lowest BCUT2D eigenvalue weighted by Gasteiger charge is -2.26. The molecule has 7 nitrogen and oxygen atoms in total. The molecule has 0 aliphatic carbocycles. The Bertz CT molecular complexity index is 722. The summed E-state index contributed by atoms with van der Waals surface area (Å²) in [5.74, 6) is -1.94. The molecular formula is C19H22N2O5. The molecule has 26 heavy (non-hydrogen) atoms. The third-order valence-corrected chi connectivity index (χ3v) is 4.74. The molecule has 138 valence electrons. The van der Waals surface area contributed by atoms with Gasteiger partial charge in [-0.15, -0.1) is 0 Å². The second kappa shape index (κ2) is 8.12. The molecule has 3 amide bonds. The highest BCUT2D eigenvalue weighted by Crippen LogP contribution is 2.19. The van der Waals surface area contributed by atoms with Crippen molar-refractivity contribution in [3.8, 4) is 0 Å². The van der Waals surface area contributed by atoms with Gasteiger partial charge in [-0.2, -0.15) is 0 Å². The van der Waals surface area contributed by atoms with Crippen molar-refractivity contribution < 1.29 is 23.9 Å². The molecule has 2 aliphatic rings. The van der Waals surface area contributed by atoms with Gasteiger partial charge in [0.25, 0.3) is 11.8 Å². The highest BCUT2D eigenvalue weighted by atomic mass is 16.5. The fourth-order valence-corrected chi connectivity index (χ4v) is 3.29. The van der Waals surface area contributed by atoms with Crippen molar-refractivity contribution in [1.82, 2.24) is 9.80 Å². The summed E-state index contributed by atoms with van der Waals surface area (Å²) in [7, 11) is 0. The monoisotopic (exact) mass is 358 g/mol. The Kier molecular flexibility index (Phi) is 5.65. The fraction of sp³-hybridized carbons (Fsp3) is 0.474. The average Bonchev–Trinajstić information content (AvgIpc) is 2.92. The number of fused-ring (bicyclic) bond motifs is 1. The maximum atomic E-state index is 12.4. The number of carbonyl (C=O) groups excluding carboxylic acids is 4. The van der Waals surface area contributed by atoms with Gasteiger partial charge in [0.15, 0.2) is 6.61 Å². The van der Waals surface area contributed by atoms with Crippen molar-refractivity contribution in [3.63, 3.8) is 0 Å². The average molecular weight is 358 g/mol. The summed E-state index contributed by atoms with van der Waals surface area (Å²) in [4.78, 5) is 51.3. The van der Waals surface area contributed by atoms with Gasteiger partial charge >= 0.3 is 5.97 Å². The number of hydrogen-bond acceptors (Lipinski definition) is 5. The van der Waals surface area contributed by atoms with Crippen molar-refractivity contribution in [2.45, 2.75) is 32.1 Å². The quantitative estimate of drug-likeness (QED) is 0.596. The standard InChI is InChI=1S/C19H22N2O5/c22-16-11-14-7-3-4-8-15(14)19(25)21(16)12-18(24)26-13-17(23)20-9-5-1-2-6-10-20/h3-4,7-8H,1-2,5-6,9-13H2. The second-order valence-corrected chi connectivity index (χ2v) is 6.57. The first-order valence-corrected chi connectivity index (χ1v) is 8.92. The minimum absolute atomic E-state index is 0.0713. The van der Waals surface area contributed by atoms with Gasteiger partial charge in [0.05, 0.1) is 6.42 Å². The van der Waals surface area contributed by atoms with Crippen LogP contribution in [0.2, 0.25) is 0 Å². The molecule has 0 radical (unpaired) electrons. The van der Waals surface area contributed by atoms with E-state index < -0.39 is 24.3 Å². The number of ether oxygens (including phenoxy) is 1. The van der Waals surface area contributed by atoms with E-state index in [-0.39, 0.29) is 18.9 Å². The van der Waals surface area contributed by atoms with Crippen LogP contribution in [0.1, 0.15) is 41.6 Å². The van der Waals surface area contributed by atoms with Crippen LogP contribution in [-0.4, -0.2) is 59.7 Å². The van der Waals surface area contributed by atoms with E-state index in [4.69, 9.17) is 4.74 Å². The normalized spacial score (nSPS) is 17.5. The number of rotatable bonds is 4. The summed E-state index contributed by atoms with van der Waals surface area (Å²) in [6.07, 6.45) is 4.18. The van der Waals surface area contributed by atoms with E-state index in [9.17, 15) is 19.2 Å². The summed E-state index contributed by atoms with van der Waals surface area (Å²) in [6, 6.07) is 6.83. The number of carbonyl (C=O) groups is 4. The number of benzene rings is 1. The maximum absolute atomic E-state index is 12.4. The molecule has 1 aromatic carbocycles. The maximum Gasteiger partial charge on any atom is 0.326 e. The molecule has 2 heterocycles. The van der Waals surface area contributed by atoms with Crippen molar-refractivity contribution >= 4 is 23.7 Å². The van der Waals surface area contributed by atoms with Crippen molar-refractivity contribution in [1.29, 1.82) is 0 Å². The van der Waals surface area contributed by atoms with Crippen LogP contribution >= 0.6 is 0 Å². The molecule has 0 N–H and O–H groups in total. The van der Waals surface area contributed by atoms with Crippen LogP contribution in [0, 0.1) is 0 Å². The van der Waals surface area contributed by atoms with Crippen LogP contribution in [0.4, 0.5) is 0 Å². The third kappa shape index (κ3) is 4.09. The van der Waals surface area contributed by atoms with Gasteiger partial charge in [0, 0.05) is 18.7 Å². The lowest BCUT2D eigenvalue weighted by molar-refractivity contribution is -0.154. The third-order valence-electron chi connectivity index (χ3n) is 4.74. The molecule has 3 rings (SSSR count). The lowest BCUT2D eigenvalue weighted by Crippen LogP contribution is -2.45. The first-order chi connectivity index (χ1) is 12.6. The number of likely N-dealkylation sites (tertiary alicyclic amines) is 1. The summed E-state index contributed by atoms with van der Waals surface area (Å²) in [5.41, 5.74) is 1.07. The SMILES string of the molecule is O=C(CN1C(=O)Cc2ccccc2C1=O)OCC(=O)N1CCCCCC1. The highest BCUT2D eigenvalue weighted by Gasteiger charge is 2.32. The van der Waals surface area contributed by atoms with Crippen molar-refractivity contribution in [3.05, 3.63) is 35.4 Å². The number of esters is 1. The molecule has 0 bridgehead atoms. The second-order valence-electron chi connectivity index (χ2n) is 6.57. The van der Waals surface area contributed by atoms with Gasteiger partial charge < -0.3 is 9.64 Å². The van der Waals surface area contributed by atoms with Crippen LogP contribution in [0.15, 0.2) is 24.3 Å². The van der Waals surface area contributed by atoms with Crippen LogP contribution in [0.5, 0.6) is 0 Å². The smallest absolute Gasteiger partial charge is 0.326 e. The van der Waals surface area contributed by atoms with Crippen molar-refractivity contribution in [2.75, 3.05) is 26.2 Å². The zero-order valence-electron chi connectivity index (χ0n) is 14.6. The minimum atomic E-state index is -0.755. The molecular weight excluding hydrogens is 336 g/mol. The van der Waals surface area contributed by atoms with Crippen LogP contribution < -0.4 is 0 Å². The molecule has 0 spiro atoms. The zero-order chi connectivity index (χ0) is 18.5. The van der Waals surface area contributed by atoms with Gasteiger partial charge in [-0.1, -0.05) is 31.0 Å². The largest absolute Gasteiger partial charge is 0.454 e. The van der Waals surface area contributed by atoms with Gasteiger partial charge in [-0.3, -0.25) is 24.1 Å². The predicted octanol–water partition coefficient (Wildman–Crippen LogP) is 1.16. The molecule has 0 aromatic heterocycles. The Balaban J connectivity index is 1.54. The van der Waals surface area contributed by atoms with Crippen LogP contribution in [0.25, 0.3) is 0 Å². The van der Waals surface area contributed by atoms with Gasteiger partial charge in [-0.25, -0.2) is 0 Å². The Morgan fingerprint density at radius 3 is 2.42 bits per heavy atom. The van der Waals surface area contributed by atoms with E-state index in [2.05, 4.69) is 0 Å². The number of nitrogens with zero attached hydrogens (tertiary/aromatic N) is 2. The fourth-order valence-electron chi connectivity index (χ4n) is 3.29. The molecule has 2 aliphatic heterocycles. The first-order valence-electron chi connectivity index (χ1n) is 8.92. The molecule has 7 heteroatoms. The van der Waals surface area contributed by atoms with E-state index in [1.807, 2.05) is 0 Å². The first kappa shape index (κ1) is 18.1. The van der Waals surface area contributed by atoms with E-state index in [0.717, 1.165) is 30.6 Å². The minimum Gasteiger partial charge on any atom is -0.454 e.